The van der Waals surface area contributed by atoms with E-state index in [-0.39, 0.29) is 24.5 Å². The van der Waals surface area contributed by atoms with Gasteiger partial charge in [-0.15, -0.1) is 0 Å². The lowest BCUT2D eigenvalue weighted by Gasteiger charge is -2.42. The summed E-state index contributed by atoms with van der Waals surface area (Å²) in [5.74, 6) is -0.214. The standard InChI is InChI=1S/C18H22N4O3/c23-17(24)10-22(9-11-4-5-11)13-6-12(7-13)20-18(25)14-2-1-3-16-15(14)8-19-21-16/h1-3,8,11-13H,4-7,9-10H2,(H,19,21)(H,20,25)(H,23,24). The highest BCUT2D eigenvalue weighted by molar-refractivity contribution is 6.06. The number of hydrogen-bond donors (Lipinski definition) is 3. The molecule has 1 heterocycles. The quantitative estimate of drug-likeness (QED) is 0.710. The van der Waals surface area contributed by atoms with Gasteiger partial charge in [-0.1, -0.05) is 6.07 Å². The van der Waals surface area contributed by atoms with Crippen molar-refractivity contribution >= 4 is 22.8 Å². The molecule has 2 aliphatic carbocycles. The number of carbonyl (C=O) groups excluding carboxylic acids is 1. The molecule has 1 aromatic heterocycles. The average molecular weight is 342 g/mol. The van der Waals surface area contributed by atoms with Crippen LogP contribution in [0.1, 0.15) is 36.0 Å². The molecule has 1 aromatic carbocycles. The van der Waals surface area contributed by atoms with E-state index in [4.69, 9.17) is 5.11 Å². The number of hydrogen-bond acceptors (Lipinski definition) is 4. The molecule has 0 atom stereocenters. The molecule has 0 unspecified atom stereocenters. The second-order valence-corrected chi connectivity index (χ2v) is 7.20. The predicted molar refractivity (Wildman–Crippen MR) is 92.3 cm³/mol. The second kappa shape index (κ2) is 6.48. The summed E-state index contributed by atoms with van der Waals surface area (Å²) in [6.07, 6.45) is 5.70. The highest BCUT2D eigenvalue weighted by Gasteiger charge is 2.37. The van der Waals surface area contributed by atoms with Crippen molar-refractivity contribution in [1.82, 2.24) is 20.4 Å². The van der Waals surface area contributed by atoms with E-state index in [9.17, 15) is 9.59 Å². The van der Waals surface area contributed by atoms with Crippen LogP contribution < -0.4 is 5.32 Å². The number of aromatic amines is 1. The first kappa shape index (κ1) is 16.1. The Labute approximate surface area is 145 Å². The van der Waals surface area contributed by atoms with Gasteiger partial charge in [0.05, 0.1) is 23.8 Å². The van der Waals surface area contributed by atoms with Gasteiger partial charge in [0.1, 0.15) is 0 Å². The molecule has 2 saturated carbocycles. The molecule has 2 fully saturated rings. The van der Waals surface area contributed by atoms with Gasteiger partial charge in [-0.05, 0) is 43.7 Å². The summed E-state index contributed by atoms with van der Waals surface area (Å²) in [5.41, 5.74) is 1.46. The van der Waals surface area contributed by atoms with E-state index in [2.05, 4.69) is 20.4 Å². The van der Waals surface area contributed by atoms with Crippen molar-refractivity contribution in [2.24, 2.45) is 5.92 Å². The van der Waals surface area contributed by atoms with E-state index in [1.165, 1.54) is 12.8 Å². The van der Waals surface area contributed by atoms with E-state index < -0.39 is 5.97 Å². The van der Waals surface area contributed by atoms with Crippen LogP contribution in [0.25, 0.3) is 10.9 Å². The van der Waals surface area contributed by atoms with Crippen LogP contribution in [0, 0.1) is 5.92 Å². The third-order valence-corrected chi connectivity index (χ3v) is 5.22. The molecular formula is C18H22N4O3. The first-order valence-electron chi connectivity index (χ1n) is 8.79. The summed E-state index contributed by atoms with van der Waals surface area (Å²) in [7, 11) is 0. The number of nitrogens with zero attached hydrogens (tertiary/aromatic N) is 2. The summed E-state index contributed by atoms with van der Waals surface area (Å²) in [6, 6.07) is 5.89. The first-order valence-corrected chi connectivity index (χ1v) is 8.79. The maximum atomic E-state index is 12.5. The Morgan fingerprint density at radius 1 is 1.32 bits per heavy atom. The Hall–Kier alpha value is -2.41. The van der Waals surface area contributed by atoms with Gasteiger partial charge in [-0.2, -0.15) is 5.10 Å². The molecule has 7 nitrogen and oxygen atoms in total. The zero-order valence-electron chi connectivity index (χ0n) is 13.9. The SMILES string of the molecule is O=C(O)CN(CC1CC1)C1CC(NC(=O)c2cccc3[nH]ncc23)C1. The van der Waals surface area contributed by atoms with Gasteiger partial charge in [0.15, 0.2) is 0 Å². The maximum absolute atomic E-state index is 12.5. The van der Waals surface area contributed by atoms with Crippen molar-refractivity contribution in [1.29, 1.82) is 0 Å². The molecule has 2 aromatic rings. The minimum absolute atomic E-state index is 0.0934. The summed E-state index contributed by atoms with van der Waals surface area (Å²) >= 11 is 0. The number of aromatic nitrogens is 2. The first-order chi connectivity index (χ1) is 12.1. The van der Waals surface area contributed by atoms with Gasteiger partial charge < -0.3 is 10.4 Å². The van der Waals surface area contributed by atoms with E-state index in [0.29, 0.717) is 11.5 Å². The molecule has 4 rings (SSSR count). The van der Waals surface area contributed by atoms with Crippen LogP contribution in [0.2, 0.25) is 0 Å². The van der Waals surface area contributed by atoms with Crippen LogP contribution >= 0.6 is 0 Å². The van der Waals surface area contributed by atoms with Gasteiger partial charge >= 0.3 is 5.97 Å². The van der Waals surface area contributed by atoms with Crippen LogP contribution in [-0.4, -0.2) is 57.3 Å². The Morgan fingerprint density at radius 3 is 2.84 bits per heavy atom. The smallest absolute Gasteiger partial charge is 0.317 e. The fourth-order valence-corrected chi connectivity index (χ4v) is 3.58. The lowest BCUT2D eigenvalue weighted by atomic mass is 9.85. The molecule has 2 aliphatic rings. The van der Waals surface area contributed by atoms with Crippen molar-refractivity contribution in [3.8, 4) is 0 Å². The van der Waals surface area contributed by atoms with E-state index in [0.717, 1.165) is 30.3 Å². The van der Waals surface area contributed by atoms with Crippen molar-refractivity contribution in [3.63, 3.8) is 0 Å². The summed E-state index contributed by atoms with van der Waals surface area (Å²) in [4.78, 5) is 25.7. The number of nitrogens with one attached hydrogen (secondary N) is 2. The maximum Gasteiger partial charge on any atom is 0.317 e. The fraction of sp³-hybridized carbons (Fsp3) is 0.500. The highest BCUT2D eigenvalue weighted by atomic mass is 16.4. The molecule has 7 heteroatoms. The van der Waals surface area contributed by atoms with Crippen molar-refractivity contribution in [2.75, 3.05) is 13.1 Å². The molecule has 0 aliphatic heterocycles. The Balaban J connectivity index is 1.34. The number of carboxylic acids is 1. The van der Waals surface area contributed by atoms with Gasteiger partial charge in [0.2, 0.25) is 0 Å². The van der Waals surface area contributed by atoms with Gasteiger partial charge in [-0.3, -0.25) is 19.6 Å². The molecule has 132 valence electrons. The topological polar surface area (TPSA) is 98.3 Å². The largest absolute Gasteiger partial charge is 0.480 e. The van der Waals surface area contributed by atoms with Crippen LogP contribution in [-0.2, 0) is 4.79 Å². The summed E-state index contributed by atoms with van der Waals surface area (Å²) < 4.78 is 0. The zero-order valence-corrected chi connectivity index (χ0v) is 13.9. The number of benzene rings is 1. The van der Waals surface area contributed by atoms with Crippen molar-refractivity contribution < 1.29 is 14.7 Å². The molecule has 0 saturated heterocycles. The van der Waals surface area contributed by atoms with Crippen LogP contribution in [0.3, 0.4) is 0 Å². The normalized spacial score (nSPS) is 22.8. The third-order valence-electron chi connectivity index (χ3n) is 5.22. The Morgan fingerprint density at radius 2 is 2.12 bits per heavy atom. The third kappa shape index (κ3) is 3.51. The number of carboxylic acid groups (broad SMARTS) is 1. The minimum Gasteiger partial charge on any atom is -0.480 e. The molecule has 0 radical (unpaired) electrons. The Bertz CT molecular complexity index is 792. The number of amides is 1. The second-order valence-electron chi connectivity index (χ2n) is 7.20. The lowest BCUT2D eigenvalue weighted by Crippen LogP contribution is -2.55. The molecule has 25 heavy (non-hydrogen) atoms. The lowest BCUT2D eigenvalue weighted by molar-refractivity contribution is -0.139. The molecule has 3 N–H and O–H groups in total. The van der Waals surface area contributed by atoms with Crippen LogP contribution in [0.4, 0.5) is 0 Å². The van der Waals surface area contributed by atoms with E-state index in [1.807, 2.05) is 12.1 Å². The number of H-pyrrole nitrogens is 1. The Kier molecular flexibility index (Phi) is 4.17. The summed E-state index contributed by atoms with van der Waals surface area (Å²) in [5, 5.41) is 19.8. The molecule has 0 spiro atoms. The molecule has 0 bridgehead atoms. The van der Waals surface area contributed by atoms with Gasteiger partial charge in [0, 0.05) is 24.0 Å². The van der Waals surface area contributed by atoms with Crippen LogP contribution in [0.15, 0.2) is 24.4 Å². The fourth-order valence-electron chi connectivity index (χ4n) is 3.58. The van der Waals surface area contributed by atoms with Crippen LogP contribution in [0.5, 0.6) is 0 Å². The number of rotatable bonds is 7. The number of fused-ring (bicyclic) bond motifs is 1. The van der Waals surface area contributed by atoms with Gasteiger partial charge in [-0.25, -0.2) is 0 Å². The predicted octanol–water partition coefficient (Wildman–Crippen LogP) is 1.62. The van der Waals surface area contributed by atoms with E-state index in [1.54, 1.807) is 12.3 Å². The number of aliphatic carboxylic acids is 1. The monoisotopic (exact) mass is 342 g/mol. The summed E-state index contributed by atoms with van der Waals surface area (Å²) in [6.45, 7) is 0.960. The van der Waals surface area contributed by atoms with E-state index >= 15 is 0 Å². The highest BCUT2D eigenvalue weighted by Crippen LogP contribution is 2.34. The van der Waals surface area contributed by atoms with Crippen molar-refractivity contribution in [3.05, 3.63) is 30.0 Å². The van der Waals surface area contributed by atoms with Crippen molar-refractivity contribution in [2.45, 2.75) is 37.8 Å². The van der Waals surface area contributed by atoms with Gasteiger partial charge in [0.25, 0.3) is 5.91 Å². The number of carbonyl (C=O) groups is 2. The molecular weight excluding hydrogens is 320 g/mol. The average Bonchev–Trinajstić information content (AvgIpc) is 3.21. The zero-order chi connectivity index (χ0) is 17.4. The minimum atomic E-state index is -0.778. The molecule has 1 amide bonds.